The highest BCUT2D eigenvalue weighted by molar-refractivity contribution is 6.30. The Labute approximate surface area is 182 Å². The van der Waals surface area contributed by atoms with Gasteiger partial charge in [0, 0.05) is 30.2 Å². The number of benzene rings is 1. The molecule has 2 aliphatic rings. The molecule has 160 valence electrons. The van der Waals surface area contributed by atoms with Crippen molar-refractivity contribution in [2.45, 2.75) is 31.7 Å². The third-order valence-corrected chi connectivity index (χ3v) is 6.35. The fraction of sp³-hybridized carbons (Fsp3) is 0.478. The number of carbonyl (C=O) groups is 2. The van der Waals surface area contributed by atoms with Crippen LogP contribution >= 0.6 is 11.6 Å². The van der Waals surface area contributed by atoms with Crippen molar-refractivity contribution in [2.75, 3.05) is 32.7 Å². The number of hydrogen-bond donors (Lipinski definition) is 1. The highest BCUT2D eigenvalue weighted by Gasteiger charge is 2.31. The number of rotatable bonds is 6. The maximum atomic E-state index is 12.9. The van der Waals surface area contributed by atoms with Gasteiger partial charge in [-0.1, -0.05) is 11.6 Å². The molecule has 0 saturated carbocycles. The number of piperidine rings is 1. The summed E-state index contributed by atoms with van der Waals surface area (Å²) in [7, 11) is 0. The SMILES string of the molecule is O=C(NC[C@@H](c1ccco1)N1CCCC1)[C@@H]1CCCN(C(=O)c2ccc(Cl)cc2)C1. The van der Waals surface area contributed by atoms with Crippen molar-refractivity contribution in [1.29, 1.82) is 0 Å². The third kappa shape index (κ3) is 4.87. The van der Waals surface area contributed by atoms with Crippen molar-refractivity contribution in [2.24, 2.45) is 5.92 Å². The minimum absolute atomic E-state index is 0.0133. The van der Waals surface area contributed by atoms with Gasteiger partial charge in [-0.25, -0.2) is 0 Å². The topological polar surface area (TPSA) is 65.8 Å². The monoisotopic (exact) mass is 429 g/mol. The third-order valence-electron chi connectivity index (χ3n) is 6.09. The van der Waals surface area contributed by atoms with Gasteiger partial charge in [-0.2, -0.15) is 0 Å². The second-order valence-electron chi connectivity index (χ2n) is 8.12. The summed E-state index contributed by atoms with van der Waals surface area (Å²) >= 11 is 5.92. The number of carbonyl (C=O) groups excluding carboxylic acids is 2. The van der Waals surface area contributed by atoms with Gasteiger partial charge in [-0.3, -0.25) is 14.5 Å². The minimum Gasteiger partial charge on any atom is -0.468 e. The molecule has 6 nitrogen and oxygen atoms in total. The van der Waals surface area contributed by atoms with Crippen molar-refractivity contribution in [1.82, 2.24) is 15.1 Å². The van der Waals surface area contributed by atoms with Gasteiger partial charge in [0.15, 0.2) is 0 Å². The molecule has 0 bridgehead atoms. The first-order valence-electron chi connectivity index (χ1n) is 10.7. The number of amides is 2. The van der Waals surface area contributed by atoms with Gasteiger partial charge in [0.25, 0.3) is 5.91 Å². The average molecular weight is 430 g/mol. The van der Waals surface area contributed by atoms with E-state index >= 15 is 0 Å². The summed E-state index contributed by atoms with van der Waals surface area (Å²) in [6, 6.07) is 10.8. The van der Waals surface area contributed by atoms with Crippen LogP contribution in [0.15, 0.2) is 47.1 Å². The second kappa shape index (κ2) is 9.67. The molecule has 2 aliphatic heterocycles. The molecule has 0 aliphatic carbocycles. The molecule has 2 saturated heterocycles. The van der Waals surface area contributed by atoms with E-state index in [0.717, 1.165) is 31.7 Å². The standard InChI is InChI=1S/C23H28ClN3O3/c24-19-9-7-17(8-10-19)23(29)27-13-3-5-18(16-27)22(28)25-15-20(21-6-4-14-30-21)26-11-1-2-12-26/h4,6-10,14,18,20H,1-3,5,11-13,15-16H2,(H,25,28)/t18-,20+/m1/s1. The van der Waals surface area contributed by atoms with Crippen molar-refractivity contribution >= 4 is 23.4 Å². The van der Waals surface area contributed by atoms with Gasteiger partial charge in [0.2, 0.25) is 5.91 Å². The molecular weight excluding hydrogens is 402 g/mol. The van der Waals surface area contributed by atoms with Crippen LogP contribution in [0.5, 0.6) is 0 Å². The van der Waals surface area contributed by atoms with Gasteiger partial charge in [0.05, 0.1) is 18.2 Å². The van der Waals surface area contributed by atoms with Crippen LogP contribution in [0.2, 0.25) is 5.02 Å². The number of hydrogen-bond acceptors (Lipinski definition) is 4. The lowest BCUT2D eigenvalue weighted by molar-refractivity contribution is -0.126. The smallest absolute Gasteiger partial charge is 0.253 e. The summed E-state index contributed by atoms with van der Waals surface area (Å²) in [6.07, 6.45) is 5.66. The van der Waals surface area contributed by atoms with Crippen LogP contribution in [0.1, 0.15) is 47.8 Å². The molecule has 1 aromatic carbocycles. The zero-order valence-corrected chi connectivity index (χ0v) is 17.8. The van der Waals surface area contributed by atoms with E-state index in [9.17, 15) is 9.59 Å². The van der Waals surface area contributed by atoms with Crippen LogP contribution in [0.3, 0.4) is 0 Å². The average Bonchev–Trinajstić information content (AvgIpc) is 3.49. The number of nitrogens with one attached hydrogen (secondary N) is 1. The maximum absolute atomic E-state index is 12.9. The van der Waals surface area contributed by atoms with Crippen molar-refractivity contribution in [3.05, 3.63) is 59.0 Å². The fourth-order valence-corrected chi connectivity index (χ4v) is 4.56. The maximum Gasteiger partial charge on any atom is 0.253 e. The molecule has 4 rings (SSSR count). The molecule has 0 spiro atoms. The van der Waals surface area contributed by atoms with Gasteiger partial charge in [0.1, 0.15) is 5.76 Å². The molecule has 0 radical (unpaired) electrons. The molecule has 0 unspecified atom stereocenters. The van der Waals surface area contributed by atoms with Crippen LogP contribution in [-0.2, 0) is 4.79 Å². The summed E-state index contributed by atoms with van der Waals surface area (Å²) in [5, 5.41) is 3.73. The molecule has 30 heavy (non-hydrogen) atoms. The summed E-state index contributed by atoms with van der Waals surface area (Å²) in [5.74, 6) is 0.667. The predicted octanol–water partition coefficient (Wildman–Crippen LogP) is 3.74. The van der Waals surface area contributed by atoms with E-state index in [1.807, 2.05) is 12.1 Å². The first-order chi connectivity index (χ1) is 14.6. The number of halogens is 1. The first-order valence-corrected chi connectivity index (χ1v) is 11.1. The highest BCUT2D eigenvalue weighted by atomic mass is 35.5. The first kappa shape index (κ1) is 20.9. The van der Waals surface area contributed by atoms with Crippen LogP contribution in [0.25, 0.3) is 0 Å². The summed E-state index contributed by atoms with van der Waals surface area (Å²) < 4.78 is 5.64. The largest absolute Gasteiger partial charge is 0.468 e. The van der Waals surface area contributed by atoms with Gasteiger partial charge < -0.3 is 14.6 Å². The molecular formula is C23H28ClN3O3. The predicted molar refractivity (Wildman–Crippen MR) is 115 cm³/mol. The molecule has 2 atom stereocenters. The lowest BCUT2D eigenvalue weighted by Gasteiger charge is -2.33. The van der Waals surface area contributed by atoms with E-state index in [4.69, 9.17) is 16.0 Å². The number of nitrogens with zero attached hydrogens (tertiary/aromatic N) is 2. The Bertz CT molecular complexity index is 847. The Morgan fingerprint density at radius 1 is 1.10 bits per heavy atom. The minimum atomic E-state index is -0.189. The van der Waals surface area contributed by atoms with Crippen LogP contribution < -0.4 is 5.32 Å². The van der Waals surface area contributed by atoms with E-state index in [1.165, 1.54) is 12.8 Å². The van der Waals surface area contributed by atoms with E-state index in [1.54, 1.807) is 35.4 Å². The van der Waals surface area contributed by atoms with E-state index in [2.05, 4.69) is 10.2 Å². The normalized spacial score (nSPS) is 20.8. The van der Waals surface area contributed by atoms with E-state index in [-0.39, 0.29) is 23.8 Å². The highest BCUT2D eigenvalue weighted by Crippen LogP contribution is 2.25. The fourth-order valence-electron chi connectivity index (χ4n) is 4.44. The van der Waals surface area contributed by atoms with Gasteiger partial charge >= 0.3 is 0 Å². The second-order valence-corrected chi connectivity index (χ2v) is 8.55. The van der Waals surface area contributed by atoms with Gasteiger partial charge in [-0.15, -0.1) is 0 Å². The number of furan rings is 1. The van der Waals surface area contributed by atoms with Crippen molar-refractivity contribution in [3.8, 4) is 0 Å². The molecule has 2 aromatic rings. The molecule has 7 heteroatoms. The Morgan fingerprint density at radius 3 is 2.57 bits per heavy atom. The summed E-state index contributed by atoms with van der Waals surface area (Å²) in [5.41, 5.74) is 0.604. The summed E-state index contributed by atoms with van der Waals surface area (Å²) in [6.45, 7) is 3.69. The van der Waals surface area contributed by atoms with Gasteiger partial charge in [-0.05, 0) is 75.2 Å². The van der Waals surface area contributed by atoms with E-state index < -0.39 is 0 Å². The van der Waals surface area contributed by atoms with E-state index in [0.29, 0.717) is 30.2 Å². The zero-order valence-electron chi connectivity index (χ0n) is 17.1. The Balaban J connectivity index is 1.35. The van der Waals surface area contributed by atoms with Crippen LogP contribution in [0.4, 0.5) is 0 Å². The Morgan fingerprint density at radius 2 is 1.87 bits per heavy atom. The molecule has 1 N–H and O–H groups in total. The van der Waals surface area contributed by atoms with Crippen LogP contribution in [-0.4, -0.2) is 54.3 Å². The van der Waals surface area contributed by atoms with Crippen molar-refractivity contribution < 1.29 is 14.0 Å². The lowest BCUT2D eigenvalue weighted by atomic mass is 9.96. The lowest BCUT2D eigenvalue weighted by Crippen LogP contribution is -2.47. The zero-order chi connectivity index (χ0) is 20.9. The van der Waals surface area contributed by atoms with Crippen molar-refractivity contribution in [3.63, 3.8) is 0 Å². The number of likely N-dealkylation sites (tertiary alicyclic amines) is 2. The Hall–Kier alpha value is -2.31. The molecule has 3 heterocycles. The molecule has 2 amide bonds. The molecule has 2 fully saturated rings. The van der Waals surface area contributed by atoms with Crippen LogP contribution in [0, 0.1) is 5.92 Å². The molecule has 1 aromatic heterocycles. The Kier molecular flexibility index (Phi) is 6.75. The summed E-state index contributed by atoms with van der Waals surface area (Å²) in [4.78, 5) is 29.9. The quantitative estimate of drug-likeness (QED) is 0.759.